The van der Waals surface area contributed by atoms with Crippen molar-refractivity contribution in [1.29, 1.82) is 0 Å². The Morgan fingerprint density at radius 2 is 1.72 bits per heavy atom. The largest absolute Gasteiger partial charge is 0.437 e. The molecule has 1 amide bonds. The van der Waals surface area contributed by atoms with Crippen molar-refractivity contribution >= 4 is 23.2 Å². The quantitative estimate of drug-likeness (QED) is 0.513. The maximum Gasteiger partial charge on any atom is 0.416 e. The Bertz CT molecular complexity index is 1040. The molecule has 0 atom stereocenters. The van der Waals surface area contributed by atoms with E-state index in [9.17, 15) is 26.7 Å². The zero-order chi connectivity index (χ0) is 21.2. The van der Waals surface area contributed by atoms with Crippen molar-refractivity contribution in [3.8, 4) is 11.6 Å². The second-order valence-electron chi connectivity index (χ2n) is 5.68. The summed E-state index contributed by atoms with van der Waals surface area (Å²) >= 11 is 5.85. The van der Waals surface area contributed by atoms with E-state index >= 15 is 0 Å². The normalized spacial score (nSPS) is 11.2. The molecule has 2 aromatic carbocycles. The highest BCUT2D eigenvalue weighted by molar-refractivity contribution is 6.32. The molecule has 0 fully saturated rings. The van der Waals surface area contributed by atoms with Crippen LogP contribution in [0.2, 0.25) is 5.02 Å². The van der Waals surface area contributed by atoms with Gasteiger partial charge in [-0.25, -0.2) is 13.8 Å². The number of benzene rings is 2. The first-order valence-corrected chi connectivity index (χ1v) is 8.29. The molecule has 3 rings (SSSR count). The topological polar surface area (TPSA) is 51.2 Å². The zero-order valence-electron chi connectivity index (χ0n) is 14.2. The van der Waals surface area contributed by atoms with Crippen molar-refractivity contribution in [2.45, 2.75) is 6.18 Å². The van der Waals surface area contributed by atoms with E-state index in [-0.39, 0.29) is 22.3 Å². The van der Waals surface area contributed by atoms with Gasteiger partial charge in [0.15, 0.2) is 0 Å². The standard InChI is InChI=1S/C19H10ClF5N2O2/c20-12-6-4-10(19(23,24)25)8-15(12)29-16-7-5-11(9-26-16)27-18(28)17-13(21)2-1-3-14(17)22/h1-9H,(H,27,28). The van der Waals surface area contributed by atoms with Crippen LogP contribution in [-0.4, -0.2) is 10.9 Å². The Morgan fingerprint density at radius 3 is 2.31 bits per heavy atom. The summed E-state index contributed by atoms with van der Waals surface area (Å²) < 4.78 is 70.9. The molecule has 3 aromatic rings. The van der Waals surface area contributed by atoms with Crippen molar-refractivity contribution in [1.82, 2.24) is 4.98 Å². The summed E-state index contributed by atoms with van der Waals surface area (Å²) in [4.78, 5) is 15.9. The molecule has 1 aromatic heterocycles. The summed E-state index contributed by atoms with van der Waals surface area (Å²) in [6.07, 6.45) is -3.47. The number of amides is 1. The number of nitrogens with zero attached hydrogens (tertiary/aromatic N) is 1. The zero-order valence-corrected chi connectivity index (χ0v) is 15.0. The number of pyridine rings is 1. The third-order valence-corrected chi connectivity index (χ3v) is 3.97. The Balaban J connectivity index is 1.75. The maximum atomic E-state index is 13.6. The molecule has 0 radical (unpaired) electrons. The first-order valence-electron chi connectivity index (χ1n) is 7.91. The van der Waals surface area contributed by atoms with E-state index in [0.29, 0.717) is 0 Å². The van der Waals surface area contributed by atoms with Crippen LogP contribution in [-0.2, 0) is 6.18 Å². The van der Waals surface area contributed by atoms with E-state index in [1.54, 1.807) is 0 Å². The number of hydrogen-bond acceptors (Lipinski definition) is 3. The molecule has 0 aliphatic heterocycles. The van der Waals surface area contributed by atoms with Crippen LogP contribution in [0.1, 0.15) is 15.9 Å². The third kappa shape index (κ3) is 4.80. The number of halogens is 6. The minimum absolute atomic E-state index is 0.0628. The average molecular weight is 429 g/mol. The van der Waals surface area contributed by atoms with Gasteiger partial charge in [-0.15, -0.1) is 0 Å². The molecule has 10 heteroatoms. The number of hydrogen-bond donors (Lipinski definition) is 1. The molecule has 0 spiro atoms. The van der Waals surface area contributed by atoms with Gasteiger partial charge in [0, 0.05) is 6.07 Å². The first-order chi connectivity index (χ1) is 13.6. The van der Waals surface area contributed by atoms with Crippen LogP contribution in [0.15, 0.2) is 54.7 Å². The van der Waals surface area contributed by atoms with Gasteiger partial charge in [-0.2, -0.15) is 13.2 Å². The van der Waals surface area contributed by atoms with E-state index in [4.69, 9.17) is 16.3 Å². The van der Waals surface area contributed by atoms with Crippen LogP contribution >= 0.6 is 11.6 Å². The minimum atomic E-state index is -4.58. The van der Waals surface area contributed by atoms with Crippen molar-refractivity contribution in [3.63, 3.8) is 0 Å². The van der Waals surface area contributed by atoms with Gasteiger partial charge in [-0.05, 0) is 36.4 Å². The van der Waals surface area contributed by atoms with Gasteiger partial charge in [0.25, 0.3) is 5.91 Å². The number of anilines is 1. The second kappa shape index (κ2) is 8.04. The molecule has 0 saturated carbocycles. The lowest BCUT2D eigenvalue weighted by molar-refractivity contribution is -0.137. The molecule has 150 valence electrons. The maximum absolute atomic E-state index is 13.6. The predicted molar refractivity (Wildman–Crippen MR) is 95.1 cm³/mol. The molecule has 4 nitrogen and oxygen atoms in total. The summed E-state index contributed by atoms with van der Waals surface area (Å²) in [5.41, 5.74) is -1.63. The van der Waals surface area contributed by atoms with Gasteiger partial charge in [0.1, 0.15) is 22.9 Å². The fourth-order valence-electron chi connectivity index (χ4n) is 2.29. The van der Waals surface area contributed by atoms with Gasteiger partial charge in [-0.3, -0.25) is 4.79 Å². The molecular weight excluding hydrogens is 419 g/mol. The summed E-state index contributed by atoms with van der Waals surface area (Å²) in [5.74, 6) is -3.47. The highest BCUT2D eigenvalue weighted by Crippen LogP contribution is 2.36. The monoisotopic (exact) mass is 428 g/mol. The predicted octanol–water partition coefficient (Wildman–Crippen LogP) is 6.08. The number of ether oxygens (including phenoxy) is 1. The highest BCUT2D eigenvalue weighted by Gasteiger charge is 2.31. The van der Waals surface area contributed by atoms with Crippen LogP contribution < -0.4 is 10.1 Å². The fraction of sp³-hybridized carbons (Fsp3) is 0.0526. The molecule has 0 aliphatic rings. The van der Waals surface area contributed by atoms with E-state index < -0.39 is 34.8 Å². The van der Waals surface area contributed by atoms with Crippen molar-refractivity contribution in [2.75, 3.05) is 5.32 Å². The van der Waals surface area contributed by atoms with E-state index in [0.717, 1.165) is 42.6 Å². The van der Waals surface area contributed by atoms with Crippen molar-refractivity contribution in [3.05, 3.63) is 82.5 Å². The van der Waals surface area contributed by atoms with Gasteiger partial charge in [-0.1, -0.05) is 17.7 Å². The second-order valence-corrected chi connectivity index (χ2v) is 6.09. The van der Waals surface area contributed by atoms with Gasteiger partial charge < -0.3 is 10.1 Å². The molecule has 1 N–H and O–H groups in total. The van der Waals surface area contributed by atoms with Crippen molar-refractivity contribution < 1.29 is 31.5 Å². The lowest BCUT2D eigenvalue weighted by atomic mass is 10.2. The molecule has 1 heterocycles. The lowest BCUT2D eigenvalue weighted by Gasteiger charge is -2.11. The van der Waals surface area contributed by atoms with Crippen molar-refractivity contribution in [2.24, 2.45) is 0 Å². The smallest absolute Gasteiger partial charge is 0.416 e. The first kappa shape index (κ1) is 20.5. The van der Waals surface area contributed by atoms with Crippen LogP contribution in [0.25, 0.3) is 0 Å². The van der Waals surface area contributed by atoms with E-state index in [1.807, 2.05) is 0 Å². The van der Waals surface area contributed by atoms with Gasteiger partial charge in [0.2, 0.25) is 5.88 Å². The summed E-state index contributed by atoms with van der Waals surface area (Å²) in [6.45, 7) is 0. The molecule has 0 aliphatic carbocycles. The van der Waals surface area contributed by atoms with Crippen LogP contribution in [0.3, 0.4) is 0 Å². The Labute approximate surface area is 165 Å². The molecule has 0 unspecified atom stereocenters. The SMILES string of the molecule is O=C(Nc1ccc(Oc2cc(C(F)(F)F)ccc2Cl)nc1)c1c(F)cccc1F. The number of rotatable bonds is 4. The molecular formula is C19H10ClF5N2O2. The number of nitrogens with one attached hydrogen (secondary N) is 1. The minimum Gasteiger partial charge on any atom is -0.437 e. The molecule has 29 heavy (non-hydrogen) atoms. The summed E-state index contributed by atoms with van der Waals surface area (Å²) in [7, 11) is 0. The fourth-order valence-corrected chi connectivity index (χ4v) is 2.45. The number of alkyl halides is 3. The molecule has 0 bridgehead atoms. The van der Waals surface area contributed by atoms with Crippen LogP contribution in [0, 0.1) is 11.6 Å². The van der Waals surface area contributed by atoms with Crippen LogP contribution in [0.4, 0.5) is 27.6 Å². The summed E-state index contributed by atoms with van der Waals surface area (Å²) in [6, 6.07) is 8.09. The van der Waals surface area contributed by atoms with E-state index in [1.165, 1.54) is 12.1 Å². The highest BCUT2D eigenvalue weighted by atomic mass is 35.5. The Kier molecular flexibility index (Phi) is 5.69. The Morgan fingerprint density at radius 1 is 1.03 bits per heavy atom. The average Bonchev–Trinajstić information content (AvgIpc) is 2.64. The number of carbonyl (C=O) groups excluding carboxylic acids is 1. The number of aromatic nitrogens is 1. The Hall–Kier alpha value is -3.20. The number of carbonyl (C=O) groups is 1. The lowest BCUT2D eigenvalue weighted by Crippen LogP contribution is -2.15. The van der Waals surface area contributed by atoms with Gasteiger partial charge in [0.05, 0.1) is 22.5 Å². The van der Waals surface area contributed by atoms with E-state index in [2.05, 4.69) is 10.3 Å². The van der Waals surface area contributed by atoms with Crippen LogP contribution in [0.5, 0.6) is 11.6 Å². The molecule has 0 saturated heterocycles. The van der Waals surface area contributed by atoms with Gasteiger partial charge >= 0.3 is 6.18 Å². The third-order valence-electron chi connectivity index (χ3n) is 3.66. The summed E-state index contributed by atoms with van der Waals surface area (Å²) in [5, 5.41) is 2.20.